The number of benzene rings is 6. The van der Waals surface area contributed by atoms with Crippen LogP contribution in [0.25, 0.3) is 70.1 Å². The number of thiophene rings is 4. The van der Waals surface area contributed by atoms with Gasteiger partial charge in [-0.1, -0.05) is 139 Å². The van der Waals surface area contributed by atoms with Gasteiger partial charge in [-0.3, -0.25) is 38.4 Å². The van der Waals surface area contributed by atoms with E-state index in [4.69, 9.17) is 6.57 Å². The van der Waals surface area contributed by atoms with E-state index in [9.17, 15) is 51.5 Å². The molecule has 13 nitrogen and oxygen atoms in total. The van der Waals surface area contributed by atoms with Gasteiger partial charge in [0.2, 0.25) is 0 Å². The molecule has 0 bridgehead atoms. The number of ketones is 4. The van der Waals surface area contributed by atoms with Gasteiger partial charge in [0.05, 0.1) is 89.3 Å². The first-order chi connectivity index (χ1) is 48.3. The van der Waals surface area contributed by atoms with E-state index >= 15 is 0 Å². The van der Waals surface area contributed by atoms with Crippen molar-refractivity contribution in [3.63, 3.8) is 0 Å². The highest BCUT2D eigenvalue weighted by molar-refractivity contribution is 7.20. The largest absolute Gasteiger partial charge is 0.416 e. The summed E-state index contributed by atoms with van der Waals surface area (Å²) in [6, 6.07) is 54.8. The first kappa shape index (κ1) is 64.4. The number of fused-ring (bicyclic) bond motifs is 6. The SMILES string of the molecule is Cc1ccc(C2=C3C(=O)NC(c4ccc(C(F)(F)F)cc4)=C3C(=O)C2)cc1.O=C1CC(c2cc3ccccc3s2)=C2C(=O)NC(c3cc4ccccc4s3)=C12.O=C1CC(c2cccs2)=C2C(=O)NC(c3cccs3)=C12.[C-]#[N+]c1cccc(C2=C3C(=O)CC(c4cccc(C)c4)=C3C(=O)N2)c1. The Hall–Kier alpha value is -11.6. The third kappa shape index (κ3) is 11.7. The lowest BCUT2D eigenvalue weighted by atomic mass is 9.99. The molecule has 10 aromatic rings. The standard InChI is InChI=1S/C23H13NO2S2.C21H14F3NO2.C21H14N2O2.C15H9NO2S2/c25-15-11-14(18-9-12-5-1-3-7-16(12)27-18)20-21(15)22(24-23(20)26)19-10-13-6-2-4-8-17(13)28-19;1-11-2-4-12(5-3-11)15-10-16(26)18-17(15)20(27)25-19(18)13-6-8-14(9-7-13)21(22,23)24;1-12-5-3-6-13(9-12)16-11-17(24)19-18(16)21(25)23-20(19)14-7-4-8-15(10-14)22-2;17-9-7-8(10-3-1-5-19-10)12-13(9)14(16-15(12)18)11-4-2-6-20-11/h1-10H,11H2,(H,24,26);2-9H,10H2,1H3,(H,25,27);3-10H,11H2,1H3,(H,23,25);1-6H,7H2,(H,16,18). The van der Waals surface area contributed by atoms with Gasteiger partial charge in [0.15, 0.2) is 28.8 Å². The van der Waals surface area contributed by atoms with E-state index in [2.05, 4.69) is 56.4 Å². The van der Waals surface area contributed by atoms with Crippen LogP contribution in [0.15, 0.2) is 237 Å². The lowest BCUT2D eigenvalue weighted by Crippen LogP contribution is -2.17. The number of aryl methyl sites for hydroxylation is 2. The molecule has 0 spiro atoms. The molecule has 18 rings (SSSR count). The monoisotopic (exact) mass is 1390 g/mol. The van der Waals surface area contributed by atoms with Gasteiger partial charge < -0.3 is 21.3 Å². The third-order valence-corrected chi connectivity index (χ3v) is 22.2. The van der Waals surface area contributed by atoms with Gasteiger partial charge in [-0.25, -0.2) is 4.85 Å². The molecular weight excluding hydrogens is 1340 g/mol. The normalized spacial score (nSPS) is 16.8. The van der Waals surface area contributed by atoms with E-state index in [1.165, 1.54) is 28.2 Å². The molecule has 8 aliphatic rings. The number of nitrogens with zero attached hydrogens (tertiary/aromatic N) is 1. The van der Waals surface area contributed by atoms with Crippen molar-refractivity contribution in [3.8, 4) is 0 Å². The maximum Gasteiger partial charge on any atom is 0.416 e. The minimum atomic E-state index is -4.44. The van der Waals surface area contributed by atoms with Crippen molar-refractivity contribution in [2.45, 2.75) is 45.7 Å². The summed E-state index contributed by atoms with van der Waals surface area (Å²) in [6.45, 7) is 11.1. The molecule has 4 N–H and O–H groups in total. The quantitative estimate of drug-likeness (QED) is 0.108. The fourth-order valence-corrected chi connectivity index (χ4v) is 17.2. The van der Waals surface area contributed by atoms with E-state index in [0.717, 1.165) is 86.1 Å². The summed E-state index contributed by atoms with van der Waals surface area (Å²) in [4.78, 5) is 108. The van der Waals surface area contributed by atoms with Crippen LogP contribution in [0.1, 0.15) is 84.1 Å². The summed E-state index contributed by atoms with van der Waals surface area (Å²) < 4.78 is 40.6. The van der Waals surface area contributed by atoms with Gasteiger partial charge in [-0.2, -0.15) is 13.2 Å². The molecule has 4 aliphatic carbocycles. The number of hydrogen-bond acceptors (Lipinski definition) is 12. The molecule has 0 atom stereocenters. The Morgan fingerprint density at radius 2 is 0.810 bits per heavy atom. The van der Waals surface area contributed by atoms with Crippen molar-refractivity contribution in [1.29, 1.82) is 0 Å². The zero-order valence-electron chi connectivity index (χ0n) is 52.8. The highest BCUT2D eigenvalue weighted by Gasteiger charge is 2.45. The number of rotatable bonds is 8. The molecule has 8 heterocycles. The van der Waals surface area contributed by atoms with E-state index < -0.39 is 17.6 Å². The smallest absolute Gasteiger partial charge is 0.321 e. The van der Waals surface area contributed by atoms with Crippen molar-refractivity contribution in [1.82, 2.24) is 21.3 Å². The summed E-state index contributed by atoms with van der Waals surface area (Å²) in [7, 11) is 0. The number of carbonyl (C=O) groups excluding carboxylic acids is 8. The van der Waals surface area contributed by atoms with E-state index in [-0.39, 0.29) is 65.0 Å². The van der Waals surface area contributed by atoms with Crippen LogP contribution in [0, 0.1) is 20.4 Å². The average Bonchev–Trinajstić information content (AvgIpc) is 1.61. The first-order valence-corrected chi connectivity index (χ1v) is 34.8. The molecule has 4 amide bonds. The topological polar surface area (TPSA) is 189 Å². The van der Waals surface area contributed by atoms with Crippen LogP contribution >= 0.6 is 45.3 Å². The molecule has 20 heteroatoms. The van der Waals surface area contributed by atoms with Crippen molar-refractivity contribution in [3.05, 3.63) is 307 Å². The summed E-state index contributed by atoms with van der Waals surface area (Å²) >= 11 is 6.33. The zero-order chi connectivity index (χ0) is 69.4. The molecule has 0 fully saturated rings. The van der Waals surface area contributed by atoms with Crippen LogP contribution in [-0.4, -0.2) is 46.8 Å². The molecular formula is C80H50F3N5O8S4. The maximum absolute atomic E-state index is 12.9. The minimum absolute atomic E-state index is 0.0215. The Bertz CT molecular complexity index is 5400. The van der Waals surface area contributed by atoms with Crippen LogP contribution in [0.2, 0.25) is 0 Å². The molecule has 6 aromatic carbocycles. The lowest BCUT2D eigenvalue weighted by Gasteiger charge is -2.09. The maximum atomic E-state index is 12.9. The lowest BCUT2D eigenvalue weighted by molar-refractivity contribution is -0.137. The van der Waals surface area contributed by atoms with Crippen LogP contribution in [-0.2, 0) is 44.5 Å². The first-order valence-electron chi connectivity index (χ1n) is 31.4. The molecule has 100 heavy (non-hydrogen) atoms. The number of carbonyl (C=O) groups is 8. The summed E-state index contributed by atoms with van der Waals surface area (Å²) in [5.41, 5.74) is 13.6. The van der Waals surface area contributed by atoms with Crippen LogP contribution in [0.3, 0.4) is 0 Å². The van der Waals surface area contributed by atoms with Crippen molar-refractivity contribution in [2.75, 3.05) is 0 Å². The molecule has 0 radical (unpaired) electrons. The number of nitrogens with one attached hydrogen (secondary N) is 4. The number of amides is 4. The van der Waals surface area contributed by atoms with Gasteiger partial charge in [-0.05, 0) is 135 Å². The molecule has 488 valence electrons. The third-order valence-electron chi connectivity index (χ3n) is 18.0. The zero-order valence-corrected chi connectivity index (χ0v) is 56.0. The molecule has 4 aromatic heterocycles. The van der Waals surface area contributed by atoms with Gasteiger partial charge in [0.1, 0.15) is 0 Å². The van der Waals surface area contributed by atoms with Crippen LogP contribution in [0.4, 0.5) is 18.9 Å². The fourth-order valence-electron chi connectivity index (χ4n) is 13.5. The Balaban J connectivity index is 0.000000109. The Morgan fingerprint density at radius 3 is 1.34 bits per heavy atom. The Kier molecular flexibility index (Phi) is 16.5. The van der Waals surface area contributed by atoms with Crippen molar-refractivity contribution in [2.24, 2.45) is 0 Å². The summed E-state index contributed by atoms with van der Waals surface area (Å²) in [5, 5.41) is 17.5. The number of Topliss-reactive ketones (excluding diaryl/α,β-unsaturated/α-hetero) is 4. The van der Waals surface area contributed by atoms with Gasteiger partial charge >= 0.3 is 6.18 Å². The second-order valence-corrected chi connectivity index (χ2v) is 28.4. The molecule has 0 unspecified atom stereocenters. The van der Waals surface area contributed by atoms with Crippen molar-refractivity contribution < 1.29 is 51.5 Å². The number of allylic oxidation sites excluding steroid dienone is 4. The Labute approximate surface area is 584 Å². The van der Waals surface area contributed by atoms with Gasteiger partial charge in [0.25, 0.3) is 23.6 Å². The predicted octanol–water partition coefficient (Wildman–Crippen LogP) is 16.6. The number of hydrogen-bond donors (Lipinski definition) is 4. The van der Waals surface area contributed by atoms with Crippen LogP contribution < -0.4 is 21.3 Å². The van der Waals surface area contributed by atoms with Crippen LogP contribution in [0.5, 0.6) is 0 Å². The second kappa shape index (κ2) is 25.7. The number of halogens is 3. The van der Waals surface area contributed by atoms with Gasteiger partial charge in [0, 0.05) is 44.8 Å². The predicted molar refractivity (Wildman–Crippen MR) is 385 cm³/mol. The summed E-state index contributed by atoms with van der Waals surface area (Å²) in [6.07, 6.45) is -3.49. The molecule has 4 aliphatic heterocycles. The van der Waals surface area contributed by atoms with E-state index in [1.54, 1.807) is 58.3 Å². The minimum Gasteiger partial charge on any atom is -0.321 e. The van der Waals surface area contributed by atoms with E-state index in [0.29, 0.717) is 91.3 Å². The second-order valence-electron chi connectivity index (χ2n) is 24.4. The highest BCUT2D eigenvalue weighted by Crippen LogP contribution is 2.49. The number of alkyl halides is 3. The summed E-state index contributed by atoms with van der Waals surface area (Å²) in [5.74, 6) is -1.19. The average molecular weight is 1390 g/mol. The molecule has 0 saturated heterocycles. The van der Waals surface area contributed by atoms with E-state index in [1.807, 2.05) is 128 Å². The Morgan fingerprint density at radius 1 is 0.370 bits per heavy atom. The van der Waals surface area contributed by atoms with Crippen molar-refractivity contribution >= 4 is 163 Å². The highest BCUT2D eigenvalue weighted by atomic mass is 32.1. The fraction of sp³-hybridized carbons (Fsp3) is 0.0875. The molecule has 0 saturated carbocycles. The van der Waals surface area contributed by atoms with Gasteiger partial charge in [-0.15, -0.1) is 45.3 Å².